The first-order valence-corrected chi connectivity index (χ1v) is 9.42. The fourth-order valence-corrected chi connectivity index (χ4v) is 3.52. The quantitative estimate of drug-likeness (QED) is 0.236. The topological polar surface area (TPSA) is 0 Å². The predicted octanol–water partition coefficient (Wildman–Crippen LogP) is 7.95. The van der Waals surface area contributed by atoms with E-state index in [1.807, 2.05) is 24.3 Å². The van der Waals surface area contributed by atoms with Gasteiger partial charge in [-0.15, -0.1) is 0 Å². The van der Waals surface area contributed by atoms with Gasteiger partial charge in [0.2, 0.25) is 0 Å². The van der Waals surface area contributed by atoms with Gasteiger partial charge < -0.3 is 0 Å². The lowest BCUT2D eigenvalue weighted by Gasteiger charge is -2.11. The van der Waals surface area contributed by atoms with Gasteiger partial charge >= 0.3 is 0 Å². The van der Waals surface area contributed by atoms with Crippen molar-refractivity contribution in [3.05, 3.63) is 94.5 Å². The molecule has 146 valence electrons. The third kappa shape index (κ3) is 3.60. The first-order valence-electron chi connectivity index (χ1n) is 9.04. The highest BCUT2D eigenvalue weighted by molar-refractivity contribution is 6.31. The summed E-state index contributed by atoms with van der Waals surface area (Å²) in [5.74, 6) is -3.99. The number of hydrogen-bond acceptors (Lipinski definition) is 0. The Balaban J connectivity index is 1.80. The Labute approximate surface area is 170 Å². The predicted molar refractivity (Wildman–Crippen MR) is 109 cm³/mol. The fourth-order valence-electron chi connectivity index (χ4n) is 3.41. The molecule has 0 aliphatic carbocycles. The summed E-state index contributed by atoms with van der Waals surface area (Å²) in [6.07, 6.45) is 0.918. The van der Waals surface area contributed by atoms with Crippen molar-refractivity contribution in [3.63, 3.8) is 0 Å². The zero-order chi connectivity index (χ0) is 20.7. The second-order valence-electron chi connectivity index (χ2n) is 6.82. The smallest absolute Gasteiger partial charge is 0.145 e. The molecule has 0 nitrogen and oxygen atoms in total. The first-order chi connectivity index (χ1) is 13.9. The third-order valence-corrected chi connectivity index (χ3v) is 5.32. The van der Waals surface area contributed by atoms with E-state index in [1.54, 1.807) is 6.07 Å². The highest BCUT2D eigenvalue weighted by Crippen LogP contribution is 2.34. The first kappa shape index (κ1) is 19.5. The molecule has 0 saturated carbocycles. The molecule has 0 amide bonds. The van der Waals surface area contributed by atoms with Crippen LogP contribution in [0.3, 0.4) is 0 Å². The van der Waals surface area contributed by atoms with Crippen LogP contribution in [0.25, 0.3) is 33.0 Å². The maximum Gasteiger partial charge on any atom is 0.145 e. The van der Waals surface area contributed by atoms with E-state index in [2.05, 4.69) is 13.0 Å². The second kappa shape index (κ2) is 7.53. The van der Waals surface area contributed by atoms with Crippen molar-refractivity contribution < 1.29 is 17.6 Å². The zero-order valence-electron chi connectivity index (χ0n) is 15.4. The van der Waals surface area contributed by atoms with Gasteiger partial charge in [0.1, 0.15) is 28.3 Å². The minimum Gasteiger partial charge on any atom is -0.206 e. The highest BCUT2D eigenvalue weighted by Gasteiger charge is 2.18. The maximum atomic E-state index is 14.7. The van der Waals surface area contributed by atoms with Crippen molar-refractivity contribution in [2.24, 2.45) is 0 Å². The molecule has 4 aromatic carbocycles. The summed E-state index contributed by atoms with van der Waals surface area (Å²) in [6, 6.07) is 15.5. The molecule has 0 aliphatic heterocycles. The Morgan fingerprint density at radius 3 is 1.79 bits per heavy atom. The van der Waals surface area contributed by atoms with Gasteiger partial charge in [0.25, 0.3) is 0 Å². The molecule has 0 spiro atoms. The van der Waals surface area contributed by atoms with E-state index < -0.39 is 33.9 Å². The van der Waals surface area contributed by atoms with Crippen LogP contribution in [0.1, 0.15) is 12.5 Å². The Bertz CT molecular complexity index is 1200. The van der Waals surface area contributed by atoms with Gasteiger partial charge in [0, 0.05) is 0 Å². The molecule has 29 heavy (non-hydrogen) atoms. The lowest BCUT2D eigenvalue weighted by atomic mass is 9.96. The Morgan fingerprint density at radius 2 is 1.17 bits per heavy atom. The molecule has 4 aromatic rings. The number of hydrogen-bond donors (Lipinski definition) is 0. The van der Waals surface area contributed by atoms with Gasteiger partial charge in [-0.25, -0.2) is 17.6 Å². The van der Waals surface area contributed by atoms with Crippen LogP contribution in [0.4, 0.5) is 17.6 Å². The third-order valence-electron chi connectivity index (χ3n) is 4.96. The van der Waals surface area contributed by atoms with Crippen LogP contribution in [-0.2, 0) is 6.42 Å². The number of benzene rings is 4. The van der Waals surface area contributed by atoms with E-state index in [1.165, 1.54) is 5.56 Å². The number of aryl methyl sites for hydroxylation is 1. The minimum absolute atomic E-state index is 0.253. The molecule has 0 fully saturated rings. The second-order valence-corrected chi connectivity index (χ2v) is 7.20. The van der Waals surface area contributed by atoms with Gasteiger partial charge in [-0.3, -0.25) is 0 Å². The molecule has 0 N–H and O–H groups in total. The van der Waals surface area contributed by atoms with Gasteiger partial charge in [-0.05, 0) is 69.8 Å². The molecule has 0 unspecified atom stereocenters. The van der Waals surface area contributed by atoms with Gasteiger partial charge in [0.15, 0.2) is 0 Å². The molecule has 0 aromatic heterocycles. The standard InChI is InChI=1S/C24H15ClF4/c1-2-13-3-4-15-8-16(6-5-14(15)7-13)17-9-19(26)23(20(27)10-17)18-11-21(28)24(25)22(29)12-18/h3-12H,2H2,1H3. The lowest BCUT2D eigenvalue weighted by molar-refractivity contribution is 0.579. The van der Waals surface area contributed by atoms with Crippen LogP contribution in [0.2, 0.25) is 5.02 Å². The summed E-state index contributed by atoms with van der Waals surface area (Å²) >= 11 is 5.45. The molecule has 0 aliphatic rings. The van der Waals surface area contributed by atoms with E-state index in [0.717, 1.165) is 41.5 Å². The molecule has 0 saturated heterocycles. The van der Waals surface area contributed by atoms with Crippen molar-refractivity contribution in [1.82, 2.24) is 0 Å². The summed E-state index contributed by atoms with van der Waals surface area (Å²) in [5.41, 5.74) is 1.42. The summed E-state index contributed by atoms with van der Waals surface area (Å²) in [4.78, 5) is 0. The largest absolute Gasteiger partial charge is 0.206 e. The number of halogens is 5. The van der Waals surface area contributed by atoms with Crippen molar-refractivity contribution in [1.29, 1.82) is 0 Å². The number of fused-ring (bicyclic) bond motifs is 1. The van der Waals surface area contributed by atoms with Crippen LogP contribution in [0.15, 0.2) is 60.7 Å². The Kier molecular flexibility index (Phi) is 5.05. The molecule has 4 rings (SSSR count). The van der Waals surface area contributed by atoms with Crippen LogP contribution in [0.5, 0.6) is 0 Å². The molecule has 5 heteroatoms. The highest BCUT2D eigenvalue weighted by atomic mass is 35.5. The molecule has 0 atom stereocenters. The van der Waals surface area contributed by atoms with Crippen molar-refractivity contribution in [3.8, 4) is 22.3 Å². The van der Waals surface area contributed by atoms with E-state index in [0.29, 0.717) is 11.1 Å². The normalized spacial score (nSPS) is 11.2. The van der Waals surface area contributed by atoms with E-state index >= 15 is 0 Å². The summed E-state index contributed by atoms with van der Waals surface area (Å²) in [7, 11) is 0. The van der Waals surface area contributed by atoms with Crippen molar-refractivity contribution >= 4 is 22.4 Å². The monoisotopic (exact) mass is 414 g/mol. The van der Waals surface area contributed by atoms with Crippen LogP contribution in [0, 0.1) is 23.3 Å². The van der Waals surface area contributed by atoms with Gasteiger partial charge in [-0.1, -0.05) is 48.9 Å². The summed E-state index contributed by atoms with van der Waals surface area (Å²) in [6.45, 7) is 2.07. The molecular weight excluding hydrogens is 400 g/mol. The fraction of sp³-hybridized carbons (Fsp3) is 0.0833. The minimum atomic E-state index is -1.08. The van der Waals surface area contributed by atoms with Gasteiger partial charge in [-0.2, -0.15) is 0 Å². The molecule has 0 radical (unpaired) electrons. The molecule has 0 heterocycles. The van der Waals surface area contributed by atoms with E-state index in [4.69, 9.17) is 11.6 Å². The van der Waals surface area contributed by atoms with Crippen LogP contribution >= 0.6 is 11.6 Å². The average Bonchev–Trinajstić information content (AvgIpc) is 2.70. The van der Waals surface area contributed by atoms with Crippen molar-refractivity contribution in [2.45, 2.75) is 13.3 Å². The van der Waals surface area contributed by atoms with Gasteiger partial charge in [0.05, 0.1) is 5.56 Å². The molecule has 0 bridgehead atoms. The summed E-state index contributed by atoms with van der Waals surface area (Å²) in [5, 5.41) is 1.28. The van der Waals surface area contributed by atoms with E-state index in [9.17, 15) is 17.6 Å². The van der Waals surface area contributed by atoms with Crippen LogP contribution < -0.4 is 0 Å². The SMILES string of the molecule is CCc1ccc2cc(-c3cc(F)c(-c4cc(F)c(Cl)c(F)c4)c(F)c3)ccc2c1. The molecular formula is C24H15ClF4. The Hall–Kier alpha value is -2.85. The maximum absolute atomic E-state index is 14.7. The summed E-state index contributed by atoms with van der Waals surface area (Å²) < 4.78 is 56.9. The van der Waals surface area contributed by atoms with Crippen molar-refractivity contribution in [2.75, 3.05) is 0 Å². The Morgan fingerprint density at radius 1 is 0.621 bits per heavy atom. The van der Waals surface area contributed by atoms with Crippen LogP contribution in [-0.4, -0.2) is 0 Å². The average molecular weight is 415 g/mol. The van der Waals surface area contributed by atoms with E-state index in [-0.39, 0.29) is 5.56 Å². The lowest BCUT2D eigenvalue weighted by Crippen LogP contribution is -1.95. The zero-order valence-corrected chi connectivity index (χ0v) is 16.1. The number of rotatable bonds is 3.